The number of nitrogens with two attached hydrogens (primary N) is 1. The molecule has 0 aromatic carbocycles. The molecule has 0 aromatic rings. The van der Waals surface area contributed by atoms with Gasteiger partial charge < -0.3 is 25.6 Å². The lowest BCUT2D eigenvalue weighted by Gasteiger charge is -2.19. The molecule has 4 N–H and O–H groups in total. The molecule has 0 aromatic heterocycles. The number of aliphatic hydroxyl groups is 1. The van der Waals surface area contributed by atoms with Crippen molar-refractivity contribution in [3.8, 4) is 0 Å². The fraction of sp³-hybridized carbons (Fsp3) is 0.889. The molecule has 0 radical (unpaired) electrons. The molecular weight excluding hydrogens is 200 g/mol. The van der Waals surface area contributed by atoms with Gasteiger partial charge in [0.25, 0.3) is 0 Å². The van der Waals surface area contributed by atoms with E-state index in [1.54, 1.807) is 0 Å². The van der Waals surface area contributed by atoms with Gasteiger partial charge in [-0.05, 0) is 0 Å². The average Bonchev–Trinajstić information content (AvgIpc) is 2.63. The topological polar surface area (TPSA) is 93.8 Å². The van der Waals surface area contributed by atoms with Crippen molar-refractivity contribution in [3.05, 3.63) is 0 Å². The summed E-state index contributed by atoms with van der Waals surface area (Å²) in [7, 11) is 1.51. The second kappa shape index (κ2) is 6.02. The zero-order valence-electron chi connectivity index (χ0n) is 8.81. The van der Waals surface area contributed by atoms with Crippen LogP contribution in [0.1, 0.15) is 0 Å². The van der Waals surface area contributed by atoms with Crippen molar-refractivity contribution in [1.29, 1.82) is 0 Å². The zero-order chi connectivity index (χ0) is 11.3. The van der Waals surface area contributed by atoms with E-state index in [-0.39, 0.29) is 37.1 Å². The van der Waals surface area contributed by atoms with Crippen LogP contribution in [0.25, 0.3) is 0 Å². The number of nitrogens with one attached hydrogen (secondary N) is 1. The Morgan fingerprint density at radius 3 is 2.93 bits per heavy atom. The highest BCUT2D eigenvalue weighted by atomic mass is 16.5. The largest absolute Gasteiger partial charge is 0.394 e. The highest BCUT2D eigenvalue weighted by Gasteiger charge is 2.32. The summed E-state index contributed by atoms with van der Waals surface area (Å²) >= 11 is 0. The smallest absolute Gasteiger partial charge is 0.227 e. The summed E-state index contributed by atoms with van der Waals surface area (Å²) in [5.74, 6) is -0.507. The lowest BCUT2D eigenvalue weighted by Crippen LogP contribution is -2.47. The van der Waals surface area contributed by atoms with E-state index in [2.05, 4.69) is 5.32 Å². The van der Waals surface area contributed by atoms with Gasteiger partial charge in [0, 0.05) is 13.2 Å². The van der Waals surface area contributed by atoms with Crippen LogP contribution in [-0.4, -0.2) is 56.6 Å². The fourth-order valence-electron chi connectivity index (χ4n) is 1.49. The van der Waals surface area contributed by atoms with Gasteiger partial charge in [-0.1, -0.05) is 0 Å². The maximum absolute atomic E-state index is 11.7. The number of hydrogen-bond donors (Lipinski definition) is 3. The first-order valence-electron chi connectivity index (χ1n) is 4.92. The van der Waals surface area contributed by atoms with Crippen LogP contribution in [0.4, 0.5) is 0 Å². The quantitative estimate of drug-likeness (QED) is 0.500. The van der Waals surface area contributed by atoms with Crippen LogP contribution in [0.15, 0.2) is 0 Å². The molecule has 3 unspecified atom stereocenters. The summed E-state index contributed by atoms with van der Waals surface area (Å²) in [4.78, 5) is 11.7. The number of amides is 1. The van der Waals surface area contributed by atoms with Gasteiger partial charge >= 0.3 is 0 Å². The highest BCUT2D eigenvalue weighted by Crippen LogP contribution is 2.11. The Hall–Kier alpha value is -0.690. The summed E-state index contributed by atoms with van der Waals surface area (Å²) in [6.45, 7) is 0.887. The van der Waals surface area contributed by atoms with Gasteiger partial charge in [0.05, 0.1) is 38.4 Å². The van der Waals surface area contributed by atoms with Crippen molar-refractivity contribution in [2.75, 3.05) is 33.5 Å². The van der Waals surface area contributed by atoms with Crippen molar-refractivity contribution in [2.24, 2.45) is 11.7 Å². The number of aliphatic hydroxyl groups excluding tert-OH is 1. The Balaban J connectivity index is 2.39. The van der Waals surface area contributed by atoms with E-state index in [0.29, 0.717) is 13.2 Å². The lowest BCUT2D eigenvalue weighted by atomic mass is 10.0. The molecule has 1 saturated heterocycles. The number of carbonyl (C=O) groups is 1. The second-order valence-corrected chi connectivity index (χ2v) is 3.65. The molecule has 6 nitrogen and oxygen atoms in total. The number of rotatable bonds is 5. The fourth-order valence-corrected chi connectivity index (χ4v) is 1.49. The van der Waals surface area contributed by atoms with Crippen LogP contribution < -0.4 is 11.1 Å². The first kappa shape index (κ1) is 12.4. The predicted molar refractivity (Wildman–Crippen MR) is 53.2 cm³/mol. The molecule has 1 heterocycles. The lowest BCUT2D eigenvalue weighted by molar-refractivity contribution is -0.126. The normalized spacial score (nSPS) is 27.7. The van der Waals surface area contributed by atoms with Crippen molar-refractivity contribution in [1.82, 2.24) is 5.32 Å². The van der Waals surface area contributed by atoms with Crippen molar-refractivity contribution >= 4 is 5.91 Å². The third-order valence-electron chi connectivity index (χ3n) is 2.40. The molecule has 3 atom stereocenters. The number of hydrogen-bond acceptors (Lipinski definition) is 5. The summed E-state index contributed by atoms with van der Waals surface area (Å²) in [6.07, 6.45) is 0. The molecule has 0 spiro atoms. The number of methoxy groups -OCH3 is 1. The molecule has 0 bridgehead atoms. The minimum atomic E-state index is -0.379. The Morgan fingerprint density at radius 1 is 1.73 bits per heavy atom. The number of ether oxygens (including phenoxy) is 2. The summed E-state index contributed by atoms with van der Waals surface area (Å²) in [5.41, 5.74) is 5.69. The number of carbonyl (C=O) groups excluding carboxylic acids is 1. The molecular formula is C9H18N2O4. The maximum Gasteiger partial charge on any atom is 0.227 e. The van der Waals surface area contributed by atoms with Crippen molar-refractivity contribution < 1.29 is 19.4 Å². The van der Waals surface area contributed by atoms with Crippen LogP contribution in [-0.2, 0) is 14.3 Å². The van der Waals surface area contributed by atoms with Gasteiger partial charge in [-0.15, -0.1) is 0 Å². The van der Waals surface area contributed by atoms with Gasteiger partial charge in [-0.2, -0.15) is 0 Å². The van der Waals surface area contributed by atoms with E-state index < -0.39 is 0 Å². The van der Waals surface area contributed by atoms with Crippen LogP contribution in [0.5, 0.6) is 0 Å². The van der Waals surface area contributed by atoms with E-state index in [1.807, 2.05) is 0 Å². The Morgan fingerprint density at radius 2 is 2.47 bits per heavy atom. The third-order valence-corrected chi connectivity index (χ3v) is 2.40. The zero-order valence-corrected chi connectivity index (χ0v) is 8.81. The van der Waals surface area contributed by atoms with Crippen LogP contribution in [0.3, 0.4) is 0 Å². The van der Waals surface area contributed by atoms with Gasteiger partial charge in [-0.3, -0.25) is 4.79 Å². The van der Waals surface area contributed by atoms with E-state index in [1.165, 1.54) is 7.11 Å². The Labute approximate surface area is 88.7 Å². The van der Waals surface area contributed by atoms with Gasteiger partial charge in [0.15, 0.2) is 0 Å². The maximum atomic E-state index is 11.7. The van der Waals surface area contributed by atoms with Gasteiger partial charge in [-0.25, -0.2) is 0 Å². The summed E-state index contributed by atoms with van der Waals surface area (Å²) in [6, 6.07) is -0.637. The minimum Gasteiger partial charge on any atom is -0.394 e. The molecule has 0 aliphatic carbocycles. The van der Waals surface area contributed by atoms with Crippen LogP contribution in [0, 0.1) is 5.92 Å². The summed E-state index contributed by atoms with van der Waals surface area (Å²) < 4.78 is 9.93. The third kappa shape index (κ3) is 3.42. The molecule has 1 aliphatic heterocycles. The minimum absolute atomic E-state index is 0.150. The highest BCUT2D eigenvalue weighted by molar-refractivity contribution is 5.80. The molecule has 1 fully saturated rings. The SMILES string of the molecule is COCC(CO)NC(=O)C1COCC1N. The first-order valence-corrected chi connectivity index (χ1v) is 4.92. The predicted octanol–water partition coefficient (Wildman–Crippen LogP) is -1.92. The molecule has 6 heteroatoms. The molecule has 1 aliphatic rings. The van der Waals surface area contributed by atoms with E-state index in [4.69, 9.17) is 20.3 Å². The van der Waals surface area contributed by atoms with E-state index in [9.17, 15) is 4.79 Å². The van der Waals surface area contributed by atoms with E-state index >= 15 is 0 Å². The second-order valence-electron chi connectivity index (χ2n) is 3.65. The standard InChI is InChI=1S/C9H18N2O4/c1-14-3-6(2-12)11-9(13)7-4-15-5-8(7)10/h6-8,12H,2-5,10H2,1H3,(H,11,13). The first-order chi connectivity index (χ1) is 7.19. The van der Waals surface area contributed by atoms with Gasteiger partial charge in [0.1, 0.15) is 0 Å². The van der Waals surface area contributed by atoms with Crippen molar-refractivity contribution in [3.63, 3.8) is 0 Å². The summed E-state index contributed by atoms with van der Waals surface area (Å²) in [5, 5.41) is 11.6. The molecule has 15 heavy (non-hydrogen) atoms. The van der Waals surface area contributed by atoms with Crippen LogP contribution >= 0.6 is 0 Å². The monoisotopic (exact) mass is 218 g/mol. The van der Waals surface area contributed by atoms with E-state index in [0.717, 1.165) is 0 Å². The van der Waals surface area contributed by atoms with Crippen molar-refractivity contribution in [2.45, 2.75) is 12.1 Å². The molecule has 1 amide bonds. The average molecular weight is 218 g/mol. The molecule has 88 valence electrons. The molecule has 0 saturated carbocycles. The Bertz CT molecular complexity index is 212. The van der Waals surface area contributed by atoms with Crippen LogP contribution in [0.2, 0.25) is 0 Å². The molecule has 1 rings (SSSR count). The van der Waals surface area contributed by atoms with Gasteiger partial charge in [0.2, 0.25) is 5.91 Å². The Kier molecular flexibility index (Phi) is 4.97.